The smallest absolute Gasteiger partial charge is 0.244 e. The third kappa shape index (κ3) is 3.43. The van der Waals surface area contributed by atoms with E-state index >= 15 is 0 Å². The van der Waals surface area contributed by atoms with Crippen LogP contribution in [0.25, 0.3) is 11.8 Å². The first-order valence-electron chi connectivity index (χ1n) is 9.31. The fourth-order valence-electron chi connectivity index (χ4n) is 3.80. The van der Waals surface area contributed by atoms with Gasteiger partial charge in [-0.1, -0.05) is 42.5 Å². The van der Waals surface area contributed by atoms with Crippen LogP contribution < -0.4 is 5.32 Å². The molecule has 1 unspecified atom stereocenters. The Morgan fingerprint density at radius 3 is 2.67 bits per heavy atom. The van der Waals surface area contributed by atoms with Gasteiger partial charge in [-0.05, 0) is 56.0 Å². The van der Waals surface area contributed by atoms with Crippen molar-refractivity contribution >= 4 is 12.0 Å². The lowest BCUT2D eigenvalue weighted by molar-refractivity contribution is -0.117. The summed E-state index contributed by atoms with van der Waals surface area (Å²) in [6.07, 6.45) is 5.47. The van der Waals surface area contributed by atoms with Crippen LogP contribution in [0.5, 0.6) is 0 Å². The molecule has 0 saturated carbocycles. The van der Waals surface area contributed by atoms with Gasteiger partial charge in [0.15, 0.2) is 0 Å². The Balaban J connectivity index is 1.50. The van der Waals surface area contributed by atoms with Gasteiger partial charge >= 0.3 is 0 Å². The molecule has 1 aromatic heterocycles. The van der Waals surface area contributed by atoms with Crippen molar-refractivity contribution in [1.29, 1.82) is 0 Å². The van der Waals surface area contributed by atoms with Crippen molar-refractivity contribution in [3.63, 3.8) is 0 Å². The van der Waals surface area contributed by atoms with E-state index in [2.05, 4.69) is 28.6 Å². The molecule has 0 bridgehead atoms. The summed E-state index contributed by atoms with van der Waals surface area (Å²) in [5, 5.41) is 7.75. The van der Waals surface area contributed by atoms with Gasteiger partial charge in [0.2, 0.25) is 5.91 Å². The largest absolute Gasteiger partial charge is 0.346 e. The number of benzene rings is 2. The molecule has 0 fully saturated rings. The van der Waals surface area contributed by atoms with E-state index in [1.807, 2.05) is 61.0 Å². The molecule has 0 radical (unpaired) electrons. The van der Waals surface area contributed by atoms with Crippen LogP contribution in [0.4, 0.5) is 0 Å². The predicted molar refractivity (Wildman–Crippen MR) is 108 cm³/mol. The summed E-state index contributed by atoms with van der Waals surface area (Å²) < 4.78 is 1.92. The Morgan fingerprint density at radius 2 is 1.85 bits per heavy atom. The van der Waals surface area contributed by atoms with Crippen LogP contribution in [0.2, 0.25) is 0 Å². The first-order chi connectivity index (χ1) is 13.1. The molecule has 1 aliphatic carbocycles. The van der Waals surface area contributed by atoms with Crippen molar-refractivity contribution in [1.82, 2.24) is 15.1 Å². The number of hydrogen-bond donors (Lipinski definition) is 1. The Bertz CT molecular complexity index is 1000. The first kappa shape index (κ1) is 17.3. The molecule has 2 aromatic carbocycles. The standard InChI is InChI=1S/C23H23N3O/c1-16-20(17(2)26(25-16)19-9-4-3-5-10-19)13-15-23(27)24-22-14-12-18-8-6-7-11-21(18)22/h3-11,13,15,22H,12,14H2,1-2H3,(H,24,27)/b15-13+. The Hall–Kier alpha value is -3.14. The average molecular weight is 357 g/mol. The summed E-state index contributed by atoms with van der Waals surface area (Å²) in [6, 6.07) is 18.5. The molecule has 1 aliphatic rings. The highest BCUT2D eigenvalue weighted by Crippen LogP contribution is 2.30. The van der Waals surface area contributed by atoms with E-state index in [9.17, 15) is 4.79 Å². The van der Waals surface area contributed by atoms with Crippen molar-refractivity contribution in [3.8, 4) is 5.69 Å². The molecule has 4 rings (SSSR count). The highest BCUT2D eigenvalue weighted by molar-refractivity contribution is 5.92. The zero-order valence-corrected chi connectivity index (χ0v) is 15.6. The van der Waals surface area contributed by atoms with Crippen LogP contribution >= 0.6 is 0 Å². The summed E-state index contributed by atoms with van der Waals surface area (Å²) in [4.78, 5) is 12.5. The third-order valence-electron chi connectivity index (χ3n) is 5.20. The fraction of sp³-hybridized carbons (Fsp3) is 0.217. The van der Waals surface area contributed by atoms with E-state index in [-0.39, 0.29) is 11.9 Å². The lowest BCUT2D eigenvalue weighted by Gasteiger charge is -2.12. The number of carbonyl (C=O) groups is 1. The zero-order valence-electron chi connectivity index (χ0n) is 15.6. The van der Waals surface area contributed by atoms with Crippen molar-refractivity contribution in [2.75, 3.05) is 0 Å². The van der Waals surface area contributed by atoms with Gasteiger partial charge in [0.25, 0.3) is 0 Å². The number of para-hydroxylation sites is 1. The van der Waals surface area contributed by atoms with Crippen molar-refractivity contribution in [2.45, 2.75) is 32.7 Å². The van der Waals surface area contributed by atoms with Gasteiger partial charge in [-0.2, -0.15) is 5.10 Å². The second-order valence-electron chi connectivity index (χ2n) is 6.96. The topological polar surface area (TPSA) is 46.9 Å². The van der Waals surface area contributed by atoms with Gasteiger partial charge < -0.3 is 5.32 Å². The second kappa shape index (κ2) is 7.23. The number of amides is 1. The Kier molecular flexibility index (Phi) is 4.63. The number of rotatable bonds is 4. The molecule has 3 aromatic rings. The second-order valence-corrected chi connectivity index (χ2v) is 6.96. The van der Waals surface area contributed by atoms with Crippen LogP contribution in [-0.2, 0) is 11.2 Å². The number of nitrogens with zero attached hydrogens (tertiary/aromatic N) is 2. The zero-order chi connectivity index (χ0) is 18.8. The summed E-state index contributed by atoms with van der Waals surface area (Å²) in [5.74, 6) is -0.0667. The minimum atomic E-state index is -0.0667. The molecular weight excluding hydrogens is 334 g/mol. The highest BCUT2D eigenvalue weighted by atomic mass is 16.1. The molecule has 1 heterocycles. The van der Waals surface area contributed by atoms with Crippen molar-refractivity contribution < 1.29 is 4.79 Å². The Morgan fingerprint density at radius 1 is 1.11 bits per heavy atom. The molecule has 4 heteroatoms. The van der Waals surface area contributed by atoms with Gasteiger partial charge in [-0.25, -0.2) is 4.68 Å². The number of aromatic nitrogens is 2. The van der Waals surface area contributed by atoms with E-state index in [0.29, 0.717) is 0 Å². The molecule has 1 amide bonds. The normalized spacial score (nSPS) is 15.9. The minimum absolute atomic E-state index is 0.0667. The van der Waals surface area contributed by atoms with Crippen molar-refractivity contribution in [3.05, 3.63) is 88.8 Å². The monoisotopic (exact) mass is 357 g/mol. The highest BCUT2D eigenvalue weighted by Gasteiger charge is 2.22. The summed E-state index contributed by atoms with van der Waals surface area (Å²) in [7, 11) is 0. The van der Waals surface area contributed by atoms with Gasteiger partial charge in [0.1, 0.15) is 0 Å². The van der Waals surface area contributed by atoms with E-state index in [1.54, 1.807) is 6.08 Å². The maximum absolute atomic E-state index is 12.5. The molecule has 0 aliphatic heterocycles. The summed E-state index contributed by atoms with van der Waals surface area (Å²) in [6.45, 7) is 4.00. The number of hydrogen-bond acceptors (Lipinski definition) is 2. The molecule has 1 atom stereocenters. The average Bonchev–Trinajstić information content (AvgIpc) is 3.22. The fourth-order valence-corrected chi connectivity index (χ4v) is 3.80. The molecule has 1 N–H and O–H groups in total. The lowest BCUT2D eigenvalue weighted by atomic mass is 10.1. The van der Waals surface area contributed by atoms with Crippen LogP contribution in [-0.4, -0.2) is 15.7 Å². The van der Waals surface area contributed by atoms with Crippen LogP contribution in [0.3, 0.4) is 0 Å². The SMILES string of the molecule is Cc1nn(-c2ccccc2)c(C)c1/C=C/C(=O)NC1CCc2ccccc21. The maximum Gasteiger partial charge on any atom is 0.244 e. The van der Waals surface area contributed by atoms with Crippen LogP contribution in [0.15, 0.2) is 60.7 Å². The predicted octanol–water partition coefficient (Wildman–Crippen LogP) is 4.31. The molecule has 0 spiro atoms. The number of carbonyl (C=O) groups excluding carboxylic acids is 1. The quantitative estimate of drug-likeness (QED) is 0.708. The minimum Gasteiger partial charge on any atom is -0.346 e. The van der Waals surface area contributed by atoms with E-state index in [4.69, 9.17) is 0 Å². The molecule has 27 heavy (non-hydrogen) atoms. The van der Waals surface area contributed by atoms with Gasteiger partial charge in [-0.15, -0.1) is 0 Å². The number of aryl methyl sites for hydroxylation is 2. The third-order valence-corrected chi connectivity index (χ3v) is 5.20. The number of nitrogens with one attached hydrogen (secondary N) is 1. The first-order valence-corrected chi connectivity index (χ1v) is 9.31. The summed E-state index contributed by atoms with van der Waals surface area (Å²) >= 11 is 0. The molecule has 136 valence electrons. The van der Waals surface area contributed by atoms with Gasteiger partial charge in [0.05, 0.1) is 17.4 Å². The van der Waals surface area contributed by atoms with E-state index in [1.165, 1.54) is 11.1 Å². The molecule has 4 nitrogen and oxygen atoms in total. The van der Waals surface area contributed by atoms with Crippen LogP contribution in [0.1, 0.15) is 40.5 Å². The van der Waals surface area contributed by atoms with E-state index in [0.717, 1.165) is 35.5 Å². The molecular formula is C23H23N3O. The maximum atomic E-state index is 12.5. The van der Waals surface area contributed by atoms with Gasteiger partial charge in [0, 0.05) is 17.3 Å². The van der Waals surface area contributed by atoms with E-state index < -0.39 is 0 Å². The van der Waals surface area contributed by atoms with Crippen LogP contribution in [0, 0.1) is 13.8 Å². The van der Waals surface area contributed by atoms with Gasteiger partial charge in [-0.3, -0.25) is 4.79 Å². The number of fused-ring (bicyclic) bond motifs is 1. The summed E-state index contributed by atoms with van der Waals surface area (Å²) in [5.41, 5.74) is 6.51. The van der Waals surface area contributed by atoms with Crippen molar-refractivity contribution in [2.24, 2.45) is 0 Å². The molecule has 0 saturated heterocycles. The Labute approximate surface area is 159 Å². The lowest BCUT2D eigenvalue weighted by Crippen LogP contribution is -2.25.